The topological polar surface area (TPSA) is 75.2 Å². The van der Waals surface area contributed by atoms with Crippen molar-refractivity contribution in [3.63, 3.8) is 0 Å². The van der Waals surface area contributed by atoms with Gasteiger partial charge in [0.05, 0.1) is 7.11 Å². The van der Waals surface area contributed by atoms with Crippen LogP contribution in [0.4, 0.5) is 17.8 Å². The zero-order valence-electron chi connectivity index (χ0n) is 11.7. The van der Waals surface area contributed by atoms with Crippen molar-refractivity contribution >= 4 is 17.8 Å². The minimum Gasteiger partial charge on any atom is -0.354 e. The lowest BCUT2D eigenvalue weighted by molar-refractivity contribution is 0.180. The number of nitrogens with zero attached hydrogens (tertiary/aromatic N) is 4. The Hall–Kier alpha value is -1.63. The second-order valence-corrected chi connectivity index (χ2v) is 4.19. The molecule has 1 aromatic rings. The summed E-state index contributed by atoms with van der Waals surface area (Å²) in [5.74, 6) is 1.56. The highest BCUT2D eigenvalue weighted by Crippen LogP contribution is 2.13. The van der Waals surface area contributed by atoms with Crippen LogP contribution in [0, 0.1) is 0 Å². The van der Waals surface area contributed by atoms with Crippen molar-refractivity contribution < 1.29 is 4.84 Å². The lowest BCUT2D eigenvalue weighted by Crippen LogP contribution is -2.21. The molecule has 0 unspecified atom stereocenters. The Balaban J connectivity index is 2.95. The SMILES string of the molecule is CCCNc1nc(NC(C)C)nc(N(C)OC)n1. The van der Waals surface area contributed by atoms with Crippen LogP contribution in [0.25, 0.3) is 0 Å². The summed E-state index contributed by atoms with van der Waals surface area (Å²) >= 11 is 0. The first-order chi connectivity index (χ1) is 8.56. The number of rotatable bonds is 7. The lowest BCUT2D eigenvalue weighted by Gasteiger charge is -2.16. The van der Waals surface area contributed by atoms with Crippen LogP contribution in [-0.4, -0.2) is 41.7 Å². The number of hydrogen-bond acceptors (Lipinski definition) is 7. The number of nitrogens with one attached hydrogen (secondary N) is 2. The fraction of sp³-hybridized carbons (Fsp3) is 0.727. The maximum absolute atomic E-state index is 5.08. The molecule has 7 nitrogen and oxygen atoms in total. The summed E-state index contributed by atoms with van der Waals surface area (Å²) in [7, 11) is 3.32. The maximum Gasteiger partial charge on any atom is 0.256 e. The van der Waals surface area contributed by atoms with Gasteiger partial charge in [-0.3, -0.25) is 4.84 Å². The molecule has 1 aromatic heterocycles. The first kappa shape index (κ1) is 14.4. The largest absolute Gasteiger partial charge is 0.354 e. The van der Waals surface area contributed by atoms with E-state index in [2.05, 4.69) is 32.5 Å². The van der Waals surface area contributed by atoms with Crippen LogP contribution < -0.4 is 15.7 Å². The van der Waals surface area contributed by atoms with E-state index in [0.717, 1.165) is 13.0 Å². The number of hydrogen-bond donors (Lipinski definition) is 2. The van der Waals surface area contributed by atoms with E-state index in [1.807, 2.05) is 13.8 Å². The predicted octanol–water partition coefficient (Wildman–Crippen LogP) is 1.51. The fourth-order valence-corrected chi connectivity index (χ4v) is 1.23. The number of hydroxylamine groups is 1. The van der Waals surface area contributed by atoms with Crippen molar-refractivity contribution in [3.05, 3.63) is 0 Å². The molecule has 0 atom stereocenters. The zero-order valence-corrected chi connectivity index (χ0v) is 11.7. The molecule has 0 saturated heterocycles. The molecule has 102 valence electrons. The summed E-state index contributed by atoms with van der Waals surface area (Å²) in [5, 5.41) is 7.79. The van der Waals surface area contributed by atoms with Gasteiger partial charge in [-0.1, -0.05) is 6.92 Å². The van der Waals surface area contributed by atoms with Gasteiger partial charge in [-0.15, -0.1) is 0 Å². The van der Waals surface area contributed by atoms with Crippen LogP contribution in [0.1, 0.15) is 27.2 Å². The summed E-state index contributed by atoms with van der Waals surface area (Å²) in [5.41, 5.74) is 0. The molecule has 0 aliphatic rings. The van der Waals surface area contributed by atoms with E-state index < -0.39 is 0 Å². The molecule has 2 N–H and O–H groups in total. The molecule has 0 amide bonds. The Morgan fingerprint density at radius 2 is 1.89 bits per heavy atom. The Morgan fingerprint density at radius 1 is 1.22 bits per heavy atom. The van der Waals surface area contributed by atoms with Crippen LogP contribution in [0.3, 0.4) is 0 Å². The average molecular weight is 254 g/mol. The third-order valence-corrected chi connectivity index (χ3v) is 2.13. The molecular weight excluding hydrogens is 232 g/mol. The third kappa shape index (κ3) is 4.33. The molecule has 1 rings (SSSR count). The van der Waals surface area contributed by atoms with Gasteiger partial charge in [0.15, 0.2) is 0 Å². The van der Waals surface area contributed by atoms with Gasteiger partial charge in [0.25, 0.3) is 5.95 Å². The quantitative estimate of drug-likeness (QED) is 0.714. The molecule has 0 bridgehead atoms. The van der Waals surface area contributed by atoms with Crippen molar-refractivity contribution in [2.75, 3.05) is 36.4 Å². The van der Waals surface area contributed by atoms with Gasteiger partial charge < -0.3 is 10.6 Å². The van der Waals surface area contributed by atoms with E-state index in [9.17, 15) is 0 Å². The van der Waals surface area contributed by atoms with E-state index in [1.165, 1.54) is 5.06 Å². The molecule has 0 fully saturated rings. The molecule has 18 heavy (non-hydrogen) atoms. The van der Waals surface area contributed by atoms with Gasteiger partial charge in [0.1, 0.15) is 0 Å². The molecule has 0 spiro atoms. The lowest BCUT2D eigenvalue weighted by atomic mass is 10.4. The predicted molar refractivity (Wildman–Crippen MR) is 72.8 cm³/mol. The standard InChI is InChI=1S/C11H22N6O/c1-6-7-12-9-14-10(13-8(2)3)16-11(15-9)17(4)18-5/h8H,6-7H2,1-5H3,(H2,12,13,14,15,16). The summed E-state index contributed by atoms with van der Waals surface area (Å²) in [6.07, 6.45) is 1.01. The fourth-order valence-electron chi connectivity index (χ4n) is 1.23. The van der Waals surface area contributed by atoms with Crippen LogP contribution in [-0.2, 0) is 4.84 Å². The molecular formula is C11H22N6O. The normalized spacial score (nSPS) is 10.6. The third-order valence-electron chi connectivity index (χ3n) is 2.13. The van der Waals surface area contributed by atoms with Gasteiger partial charge >= 0.3 is 0 Å². The Kier molecular flexibility index (Phi) is 5.57. The Labute approximate surface area is 108 Å². The smallest absolute Gasteiger partial charge is 0.256 e. The van der Waals surface area contributed by atoms with Crippen LogP contribution in [0.5, 0.6) is 0 Å². The van der Waals surface area contributed by atoms with Gasteiger partial charge in [0, 0.05) is 19.6 Å². The minimum absolute atomic E-state index is 0.257. The van der Waals surface area contributed by atoms with Crippen LogP contribution in [0.2, 0.25) is 0 Å². The molecule has 1 heterocycles. The molecule has 0 aliphatic carbocycles. The van der Waals surface area contributed by atoms with Crippen molar-refractivity contribution in [3.8, 4) is 0 Å². The van der Waals surface area contributed by atoms with Crippen molar-refractivity contribution in [2.24, 2.45) is 0 Å². The highest BCUT2D eigenvalue weighted by molar-refractivity contribution is 5.42. The molecule has 0 aliphatic heterocycles. The number of aromatic nitrogens is 3. The summed E-state index contributed by atoms with van der Waals surface area (Å²) in [6.45, 7) is 6.97. The van der Waals surface area contributed by atoms with Crippen LogP contribution >= 0.6 is 0 Å². The van der Waals surface area contributed by atoms with Crippen molar-refractivity contribution in [2.45, 2.75) is 33.2 Å². The highest BCUT2D eigenvalue weighted by Gasteiger charge is 2.10. The average Bonchev–Trinajstić information content (AvgIpc) is 2.34. The second-order valence-electron chi connectivity index (χ2n) is 4.19. The van der Waals surface area contributed by atoms with E-state index in [-0.39, 0.29) is 6.04 Å². The van der Waals surface area contributed by atoms with Gasteiger partial charge in [-0.05, 0) is 20.3 Å². The van der Waals surface area contributed by atoms with Gasteiger partial charge in [-0.2, -0.15) is 15.0 Å². The molecule has 0 aromatic carbocycles. The summed E-state index contributed by atoms with van der Waals surface area (Å²) in [6, 6.07) is 0.257. The molecule has 0 saturated carbocycles. The van der Waals surface area contributed by atoms with E-state index >= 15 is 0 Å². The summed E-state index contributed by atoms with van der Waals surface area (Å²) < 4.78 is 0. The second kappa shape index (κ2) is 6.95. The first-order valence-electron chi connectivity index (χ1n) is 6.11. The Morgan fingerprint density at radius 3 is 2.44 bits per heavy atom. The molecule has 0 radical (unpaired) electrons. The van der Waals surface area contributed by atoms with Crippen molar-refractivity contribution in [1.82, 2.24) is 15.0 Å². The summed E-state index contributed by atoms with van der Waals surface area (Å²) in [4.78, 5) is 17.9. The van der Waals surface area contributed by atoms with E-state index in [4.69, 9.17) is 4.84 Å². The van der Waals surface area contributed by atoms with Crippen molar-refractivity contribution in [1.29, 1.82) is 0 Å². The van der Waals surface area contributed by atoms with Gasteiger partial charge in [-0.25, -0.2) is 5.06 Å². The first-order valence-corrected chi connectivity index (χ1v) is 6.11. The molecule has 7 heteroatoms. The van der Waals surface area contributed by atoms with E-state index in [0.29, 0.717) is 17.8 Å². The van der Waals surface area contributed by atoms with Crippen LogP contribution in [0.15, 0.2) is 0 Å². The maximum atomic E-state index is 5.08. The van der Waals surface area contributed by atoms with E-state index in [1.54, 1.807) is 14.2 Å². The Bertz CT molecular complexity index is 371. The zero-order chi connectivity index (χ0) is 13.5. The number of anilines is 3. The minimum atomic E-state index is 0.257. The monoisotopic (exact) mass is 254 g/mol. The highest BCUT2D eigenvalue weighted by atomic mass is 16.7. The van der Waals surface area contributed by atoms with Gasteiger partial charge in [0.2, 0.25) is 11.9 Å².